The van der Waals surface area contributed by atoms with Crippen molar-refractivity contribution in [2.45, 2.75) is 9.79 Å². The number of fused-ring (bicyclic) bond motifs is 1. The van der Waals surface area contributed by atoms with Crippen molar-refractivity contribution in [2.75, 3.05) is 6.26 Å². The van der Waals surface area contributed by atoms with Crippen LogP contribution in [0.15, 0.2) is 27.3 Å². The highest BCUT2D eigenvalue weighted by atomic mass is 32.2. The molecule has 1 aromatic carbocycles. The monoisotopic (exact) mass is 230 g/mol. The average molecular weight is 230 g/mol. The number of thiol groups is 1. The third kappa shape index (κ3) is 1.47. The molecule has 0 fully saturated rings. The molecule has 1 aromatic heterocycles. The second-order valence-electron chi connectivity index (χ2n) is 2.57. The summed E-state index contributed by atoms with van der Waals surface area (Å²) in [6, 6.07) is 3.82. The first-order valence-corrected chi connectivity index (χ1v) is 6.22. The minimum Gasteiger partial charge on any atom is -0.205 e. The van der Waals surface area contributed by atoms with Crippen molar-refractivity contribution in [2.24, 2.45) is 0 Å². The number of thioether (sulfide) groups is 1. The van der Waals surface area contributed by atoms with Crippen molar-refractivity contribution in [3.05, 3.63) is 23.3 Å². The molecule has 68 valence electrons. The number of thiophene rings is 1. The summed E-state index contributed by atoms with van der Waals surface area (Å²) < 4.78 is 14.3. The zero-order valence-electron chi connectivity index (χ0n) is 6.87. The maximum absolute atomic E-state index is 13.3. The van der Waals surface area contributed by atoms with Crippen molar-refractivity contribution >= 4 is 45.8 Å². The van der Waals surface area contributed by atoms with Crippen LogP contribution >= 0.6 is 35.7 Å². The fourth-order valence-electron chi connectivity index (χ4n) is 1.24. The third-order valence-corrected chi connectivity index (χ3v) is 4.13. The first-order chi connectivity index (χ1) is 6.24. The number of halogens is 1. The fraction of sp³-hybridized carbons (Fsp3) is 0.111. The molecule has 0 unspecified atom stereocenters. The molecule has 0 saturated carbocycles. The standard InChI is InChI=1S/C9H7FS3/c1-12-7-3-2-6(11)9-8(7)5(10)4-13-9/h2-4,11H,1H3. The van der Waals surface area contributed by atoms with Crippen LogP contribution in [-0.4, -0.2) is 6.26 Å². The lowest BCUT2D eigenvalue weighted by Gasteiger charge is -2.00. The van der Waals surface area contributed by atoms with Gasteiger partial charge in [-0.1, -0.05) is 0 Å². The highest BCUT2D eigenvalue weighted by Gasteiger charge is 2.10. The first kappa shape index (κ1) is 9.37. The minimum atomic E-state index is -0.139. The van der Waals surface area contributed by atoms with Gasteiger partial charge in [0.2, 0.25) is 0 Å². The third-order valence-electron chi connectivity index (χ3n) is 1.84. The van der Waals surface area contributed by atoms with E-state index in [2.05, 4.69) is 12.6 Å². The van der Waals surface area contributed by atoms with Crippen LogP contribution < -0.4 is 0 Å². The molecule has 13 heavy (non-hydrogen) atoms. The molecule has 2 aromatic rings. The number of hydrogen-bond acceptors (Lipinski definition) is 3. The SMILES string of the molecule is CSc1ccc(S)c2scc(F)c12. The maximum Gasteiger partial charge on any atom is 0.142 e. The Morgan fingerprint density at radius 1 is 1.46 bits per heavy atom. The van der Waals surface area contributed by atoms with E-state index in [4.69, 9.17) is 0 Å². The van der Waals surface area contributed by atoms with Crippen molar-refractivity contribution in [1.29, 1.82) is 0 Å². The van der Waals surface area contributed by atoms with E-state index in [1.165, 1.54) is 16.7 Å². The van der Waals surface area contributed by atoms with Gasteiger partial charge in [0.25, 0.3) is 0 Å². The van der Waals surface area contributed by atoms with Crippen LogP contribution in [0, 0.1) is 5.82 Å². The molecule has 0 aliphatic carbocycles. The molecular formula is C9H7FS3. The van der Waals surface area contributed by atoms with Crippen LogP contribution in [0.1, 0.15) is 0 Å². The summed E-state index contributed by atoms with van der Waals surface area (Å²) in [6.07, 6.45) is 1.95. The Labute approximate surface area is 89.6 Å². The molecule has 0 atom stereocenters. The molecule has 0 aliphatic rings. The van der Waals surface area contributed by atoms with Crippen LogP contribution in [0.25, 0.3) is 10.1 Å². The molecule has 2 rings (SSSR count). The minimum absolute atomic E-state index is 0.139. The van der Waals surface area contributed by atoms with Gasteiger partial charge in [0.05, 0.1) is 4.70 Å². The summed E-state index contributed by atoms with van der Waals surface area (Å²) in [7, 11) is 0. The second-order valence-corrected chi connectivity index (χ2v) is 4.78. The lowest BCUT2D eigenvalue weighted by atomic mass is 10.2. The lowest BCUT2D eigenvalue weighted by molar-refractivity contribution is 0.642. The molecule has 0 amide bonds. The molecule has 0 N–H and O–H groups in total. The molecule has 0 aliphatic heterocycles. The average Bonchev–Trinajstić information content (AvgIpc) is 2.51. The van der Waals surface area contributed by atoms with E-state index in [0.717, 1.165) is 14.5 Å². The van der Waals surface area contributed by atoms with Crippen LogP contribution in [0.2, 0.25) is 0 Å². The normalized spacial score (nSPS) is 11.0. The summed E-state index contributed by atoms with van der Waals surface area (Å²) in [5.74, 6) is -0.139. The van der Waals surface area contributed by atoms with Crippen molar-refractivity contribution in [1.82, 2.24) is 0 Å². The topological polar surface area (TPSA) is 0 Å². The van der Waals surface area contributed by atoms with E-state index in [-0.39, 0.29) is 5.82 Å². The lowest BCUT2D eigenvalue weighted by Crippen LogP contribution is -1.76. The van der Waals surface area contributed by atoms with Crippen LogP contribution in [0.3, 0.4) is 0 Å². The zero-order valence-corrected chi connectivity index (χ0v) is 9.40. The Bertz CT molecular complexity index is 447. The van der Waals surface area contributed by atoms with E-state index >= 15 is 0 Å². The van der Waals surface area contributed by atoms with Gasteiger partial charge < -0.3 is 0 Å². The highest BCUT2D eigenvalue weighted by Crippen LogP contribution is 2.36. The van der Waals surface area contributed by atoms with E-state index in [0.29, 0.717) is 5.39 Å². The van der Waals surface area contributed by atoms with E-state index in [9.17, 15) is 4.39 Å². The Kier molecular flexibility index (Phi) is 2.53. The summed E-state index contributed by atoms with van der Waals surface area (Å²) in [5, 5.41) is 2.24. The number of hydrogen-bond donors (Lipinski definition) is 1. The quantitative estimate of drug-likeness (QED) is 0.569. The molecule has 1 heterocycles. The van der Waals surface area contributed by atoms with Crippen LogP contribution in [0.4, 0.5) is 4.39 Å². The van der Waals surface area contributed by atoms with E-state index < -0.39 is 0 Å². The maximum atomic E-state index is 13.3. The number of benzene rings is 1. The van der Waals surface area contributed by atoms with E-state index in [1.807, 2.05) is 18.4 Å². The van der Waals surface area contributed by atoms with Gasteiger partial charge in [0, 0.05) is 20.6 Å². The van der Waals surface area contributed by atoms with Gasteiger partial charge in [0.1, 0.15) is 5.82 Å². The molecule has 0 nitrogen and oxygen atoms in total. The zero-order chi connectivity index (χ0) is 9.42. The summed E-state index contributed by atoms with van der Waals surface area (Å²) in [5.41, 5.74) is 0. The van der Waals surface area contributed by atoms with Gasteiger partial charge in [-0.15, -0.1) is 35.7 Å². The Morgan fingerprint density at radius 3 is 2.92 bits per heavy atom. The summed E-state index contributed by atoms with van der Waals surface area (Å²) >= 11 is 7.25. The van der Waals surface area contributed by atoms with E-state index in [1.54, 1.807) is 11.8 Å². The van der Waals surface area contributed by atoms with Crippen molar-refractivity contribution < 1.29 is 4.39 Å². The van der Waals surface area contributed by atoms with Gasteiger partial charge in [-0.2, -0.15) is 0 Å². The smallest absolute Gasteiger partial charge is 0.142 e. The Hall–Kier alpha value is -0.190. The molecule has 0 saturated heterocycles. The van der Waals surface area contributed by atoms with Gasteiger partial charge in [-0.05, 0) is 18.4 Å². The first-order valence-electron chi connectivity index (χ1n) is 3.66. The molecule has 0 spiro atoms. The van der Waals surface area contributed by atoms with Gasteiger partial charge in [0.15, 0.2) is 0 Å². The molecule has 0 radical (unpaired) electrons. The van der Waals surface area contributed by atoms with Crippen LogP contribution in [0.5, 0.6) is 0 Å². The Balaban J connectivity index is 2.88. The summed E-state index contributed by atoms with van der Waals surface area (Å²) in [6.45, 7) is 0. The molecule has 4 heteroatoms. The molecular weight excluding hydrogens is 223 g/mol. The van der Waals surface area contributed by atoms with Gasteiger partial charge in [-0.25, -0.2) is 4.39 Å². The largest absolute Gasteiger partial charge is 0.205 e. The van der Waals surface area contributed by atoms with Crippen molar-refractivity contribution in [3.8, 4) is 0 Å². The predicted molar refractivity (Wildman–Crippen MR) is 60.8 cm³/mol. The predicted octanol–water partition coefficient (Wildman–Crippen LogP) is 4.05. The second kappa shape index (κ2) is 3.52. The van der Waals surface area contributed by atoms with Crippen molar-refractivity contribution in [3.63, 3.8) is 0 Å². The fourth-order valence-corrected chi connectivity index (χ4v) is 3.11. The van der Waals surface area contributed by atoms with Gasteiger partial charge in [-0.3, -0.25) is 0 Å². The molecule has 0 bridgehead atoms. The summed E-state index contributed by atoms with van der Waals surface area (Å²) in [4.78, 5) is 1.83. The number of rotatable bonds is 1. The Morgan fingerprint density at radius 2 is 2.23 bits per heavy atom. The van der Waals surface area contributed by atoms with Crippen LogP contribution in [-0.2, 0) is 0 Å². The highest BCUT2D eigenvalue weighted by molar-refractivity contribution is 7.98. The van der Waals surface area contributed by atoms with Gasteiger partial charge >= 0.3 is 0 Å².